The van der Waals surface area contributed by atoms with E-state index < -0.39 is 0 Å². The molecule has 0 radical (unpaired) electrons. The lowest BCUT2D eigenvalue weighted by Gasteiger charge is -2.15. The van der Waals surface area contributed by atoms with Gasteiger partial charge in [-0.15, -0.1) is 0 Å². The quantitative estimate of drug-likeness (QED) is 0.441. The highest BCUT2D eigenvalue weighted by Gasteiger charge is 2.14. The van der Waals surface area contributed by atoms with Crippen LogP contribution in [0.5, 0.6) is 11.5 Å². The molecule has 2 heteroatoms. The molecule has 0 fully saturated rings. The summed E-state index contributed by atoms with van der Waals surface area (Å²) < 4.78 is 11.1. The third kappa shape index (κ3) is 2.80. The van der Waals surface area contributed by atoms with Gasteiger partial charge >= 0.3 is 0 Å². The molecule has 0 aromatic heterocycles. The molecular weight excluding hydrogens is 320 g/mol. The molecule has 26 heavy (non-hydrogen) atoms. The topological polar surface area (TPSA) is 18.5 Å². The average Bonchev–Trinajstić information content (AvgIpc) is 2.73. The van der Waals surface area contributed by atoms with Gasteiger partial charge in [-0.25, -0.2) is 0 Å². The molecule has 0 unspecified atom stereocenters. The van der Waals surface area contributed by atoms with Gasteiger partial charge in [-0.2, -0.15) is 0 Å². The van der Waals surface area contributed by atoms with Crippen molar-refractivity contribution < 1.29 is 9.47 Å². The fraction of sp³-hybridized carbons (Fsp3) is 0.0833. The van der Waals surface area contributed by atoms with Gasteiger partial charge in [0.1, 0.15) is 0 Å². The van der Waals surface area contributed by atoms with Crippen molar-refractivity contribution in [2.75, 3.05) is 14.2 Å². The maximum Gasteiger partial charge on any atom is 0.161 e. The Hall–Kier alpha value is -3.26. The number of hydrogen-bond donors (Lipinski definition) is 0. The van der Waals surface area contributed by atoms with Crippen LogP contribution in [0.3, 0.4) is 0 Å². The predicted molar refractivity (Wildman–Crippen MR) is 108 cm³/mol. The second-order valence-electron chi connectivity index (χ2n) is 6.15. The number of hydrogen-bond acceptors (Lipinski definition) is 2. The van der Waals surface area contributed by atoms with Crippen LogP contribution < -0.4 is 9.47 Å². The van der Waals surface area contributed by atoms with Crippen LogP contribution in [0.15, 0.2) is 84.9 Å². The van der Waals surface area contributed by atoms with E-state index in [0.717, 1.165) is 22.3 Å². The van der Waals surface area contributed by atoms with Crippen molar-refractivity contribution in [1.82, 2.24) is 0 Å². The van der Waals surface area contributed by atoms with E-state index in [4.69, 9.17) is 9.47 Å². The van der Waals surface area contributed by atoms with Gasteiger partial charge in [0.25, 0.3) is 0 Å². The van der Waals surface area contributed by atoms with E-state index in [2.05, 4.69) is 72.8 Å². The van der Waals surface area contributed by atoms with E-state index in [1.54, 1.807) is 14.2 Å². The number of rotatable bonds is 4. The van der Waals surface area contributed by atoms with Crippen molar-refractivity contribution in [3.63, 3.8) is 0 Å². The minimum Gasteiger partial charge on any atom is -0.493 e. The van der Waals surface area contributed by atoms with Crippen molar-refractivity contribution in [3.05, 3.63) is 84.9 Å². The largest absolute Gasteiger partial charge is 0.493 e. The molecule has 0 saturated heterocycles. The summed E-state index contributed by atoms with van der Waals surface area (Å²) in [6, 6.07) is 29.4. The van der Waals surface area contributed by atoms with Crippen molar-refractivity contribution in [2.24, 2.45) is 0 Å². The first-order valence-corrected chi connectivity index (χ1v) is 8.61. The zero-order valence-electron chi connectivity index (χ0n) is 14.9. The van der Waals surface area contributed by atoms with Crippen LogP contribution >= 0.6 is 0 Å². The first kappa shape index (κ1) is 16.2. The van der Waals surface area contributed by atoms with E-state index >= 15 is 0 Å². The van der Waals surface area contributed by atoms with Gasteiger partial charge in [0.15, 0.2) is 11.5 Å². The highest BCUT2D eigenvalue weighted by atomic mass is 16.5. The molecular formula is C24H20O2. The summed E-state index contributed by atoms with van der Waals surface area (Å²) >= 11 is 0. The Morgan fingerprint density at radius 2 is 0.885 bits per heavy atom. The van der Waals surface area contributed by atoms with Crippen molar-refractivity contribution in [2.45, 2.75) is 0 Å². The lowest BCUT2D eigenvalue weighted by atomic mass is 9.91. The first-order chi connectivity index (χ1) is 12.8. The van der Waals surface area contributed by atoms with Crippen LogP contribution in [-0.2, 0) is 0 Å². The van der Waals surface area contributed by atoms with Crippen molar-refractivity contribution in [3.8, 4) is 33.8 Å². The summed E-state index contributed by atoms with van der Waals surface area (Å²) in [5.41, 5.74) is 4.73. The SMILES string of the molecule is COc1cc2c(-c3ccccc3)ccc(-c3ccccc3)c2cc1OC. The van der Waals surface area contributed by atoms with Gasteiger partial charge in [-0.3, -0.25) is 0 Å². The summed E-state index contributed by atoms with van der Waals surface area (Å²) in [6.07, 6.45) is 0. The summed E-state index contributed by atoms with van der Waals surface area (Å²) in [5.74, 6) is 1.48. The van der Waals surface area contributed by atoms with Crippen molar-refractivity contribution in [1.29, 1.82) is 0 Å². The van der Waals surface area contributed by atoms with E-state index in [-0.39, 0.29) is 0 Å². The molecule has 0 saturated carbocycles. The number of benzene rings is 4. The van der Waals surface area contributed by atoms with Crippen LogP contribution in [0, 0.1) is 0 Å². The van der Waals surface area contributed by atoms with Crippen LogP contribution in [0.25, 0.3) is 33.0 Å². The third-order valence-corrected chi connectivity index (χ3v) is 4.69. The Balaban J connectivity index is 2.07. The molecule has 0 aliphatic rings. The third-order valence-electron chi connectivity index (χ3n) is 4.69. The molecule has 0 N–H and O–H groups in total. The first-order valence-electron chi connectivity index (χ1n) is 8.61. The number of ether oxygens (including phenoxy) is 2. The molecule has 0 spiro atoms. The molecule has 0 amide bonds. The molecule has 4 aromatic rings. The fourth-order valence-electron chi connectivity index (χ4n) is 3.41. The minimum absolute atomic E-state index is 0.738. The highest BCUT2D eigenvalue weighted by Crippen LogP contribution is 2.41. The second kappa shape index (κ2) is 6.93. The van der Waals surface area contributed by atoms with E-state index in [0.29, 0.717) is 0 Å². The monoisotopic (exact) mass is 340 g/mol. The molecule has 0 atom stereocenters. The normalized spacial score (nSPS) is 10.7. The van der Waals surface area contributed by atoms with E-state index in [1.165, 1.54) is 22.3 Å². The van der Waals surface area contributed by atoms with Crippen LogP contribution in [0.2, 0.25) is 0 Å². The van der Waals surface area contributed by atoms with E-state index in [1.807, 2.05) is 12.1 Å². The molecule has 128 valence electrons. The highest BCUT2D eigenvalue weighted by molar-refractivity contribution is 6.06. The van der Waals surface area contributed by atoms with E-state index in [9.17, 15) is 0 Å². The summed E-state index contributed by atoms with van der Waals surface area (Å²) in [5, 5.41) is 2.30. The van der Waals surface area contributed by atoms with Crippen LogP contribution in [0.4, 0.5) is 0 Å². The van der Waals surface area contributed by atoms with Gasteiger partial charge in [0, 0.05) is 0 Å². The summed E-state index contributed by atoms with van der Waals surface area (Å²) in [4.78, 5) is 0. The van der Waals surface area contributed by atoms with Crippen LogP contribution in [-0.4, -0.2) is 14.2 Å². The zero-order chi connectivity index (χ0) is 17.9. The smallest absolute Gasteiger partial charge is 0.161 e. The molecule has 4 rings (SSSR count). The standard InChI is InChI=1S/C24H20O2/c1-25-23-15-21-19(17-9-5-3-6-10-17)13-14-20(18-11-7-4-8-12-18)22(21)16-24(23)26-2/h3-16H,1-2H3. The fourth-order valence-corrected chi connectivity index (χ4v) is 3.41. The zero-order valence-corrected chi connectivity index (χ0v) is 14.9. The van der Waals surface area contributed by atoms with Gasteiger partial charge in [0.05, 0.1) is 14.2 Å². The summed E-state index contributed by atoms with van der Waals surface area (Å²) in [6.45, 7) is 0. The molecule has 0 aliphatic carbocycles. The van der Waals surface area contributed by atoms with Gasteiger partial charge in [0.2, 0.25) is 0 Å². The van der Waals surface area contributed by atoms with Gasteiger partial charge in [-0.05, 0) is 45.2 Å². The van der Waals surface area contributed by atoms with Crippen LogP contribution in [0.1, 0.15) is 0 Å². The molecule has 0 heterocycles. The lowest BCUT2D eigenvalue weighted by molar-refractivity contribution is 0.356. The minimum atomic E-state index is 0.738. The maximum absolute atomic E-state index is 5.56. The average molecular weight is 340 g/mol. The molecule has 2 nitrogen and oxygen atoms in total. The molecule has 0 bridgehead atoms. The lowest BCUT2D eigenvalue weighted by Crippen LogP contribution is -1.93. The molecule has 4 aromatic carbocycles. The maximum atomic E-state index is 5.56. The Kier molecular flexibility index (Phi) is 4.32. The Morgan fingerprint density at radius 1 is 0.500 bits per heavy atom. The Bertz CT molecular complexity index is 952. The number of methoxy groups -OCH3 is 2. The van der Waals surface area contributed by atoms with Gasteiger partial charge in [-0.1, -0.05) is 72.8 Å². The van der Waals surface area contributed by atoms with Crippen molar-refractivity contribution >= 4 is 10.8 Å². The Morgan fingerprint density at radius 3 is 1.23 bits per heavy atom. The number of fused-ring (bicyclic) bond motifs is 1. The second-order valence-corrected chi connectivity index (χ2v) is 6.15. The Labute approximate surface area is 153 Å². The summed E-state index contributed by atoms with van der Waals surface area (Å²) in [7, 11) is 3.35. The van der Waals surface area contributed by atoms with Gasteiger partial charge < -0.3 is 9.47 Å². The predicted octanol–water partition coefficient (Wildman–Crippen LogP) is 6.19. The molecule has 0 aliphatic heterocycles.